The lowest BCUT2D eigenvalue weighted by Crippen LogP contribution is -2.45. The Balaban J connectivity index is 0.00000210. The maximum atomic E-state index is 13.9. The molecular weight excluding hydrogens is 454 g/mol. The molecule has 4 rings (SSSR count). The van der Waals surface area contributed by atoms with E-state index >= 15 is 0 Å². The van der Waals surface area contributed by atoms with Gasteiger partial charge < -0.3 is 15.5 Å². The molecule has 0 aromatic heterocycles. The van der Waals surface area contributed by atoms with Crippen LogP contribution >= 0.6 is 24.0 Å². The third kappa shape index (κ3) is 4.72. The fourth-order valence-electron chi connectivity index (χ4n) is 3.77. The highest BCUT2D eigenvalue weighted by Crippen LogP contribution is 2.41. The van der Waals surface area contributed by atoms with Gasteiger partial charge in [-0.1, -0.05) is 36.4 Å². The lowest BCUT2D eigenvalue weighted by Gasteiger charge is -2.20. The molecule has 0 amide bonds. The Hall–Kier alpha value is -1.83. The van der Waals surface area contributed by atoms with E-state index in [1.165, 1.54) is 11.8 Å². The molecule has 3 atom stereocenters. The van der Waals surface area contributed by atoms with Crippen molar-refractivity contribution in [3.63, 3.8) is 0 Å². The van der Waals surface area contributed by atoms with Crippen LogP contribution < -0.4 is 15.5 Å². The average Bonchev–Trinajstić information content (AvgIpc) is 3.27. The number of anilines is 1. The van der Waals surface area contributed by atoms with Gasteiger partial charge in [0.15, 0.2) is 5.96 Å². The first-order valence-corrected chi connectivity index (χ1v) is 9.29. The van der Waals surface area contributed by atoms with E-state index in [1.54, 1.807) is 13.1 Å². The summed E-state index contributed by atoms with van der Waals surface area (Å²) in [7, 11) is 1.79. The van der Waals surface area contributed by atoms with Gasteiger partial charge in [0, 0.05) is 43.8 Å². The van der Waals surface area contributed by atoms with E-state index in [2.05, 4.69) is 44.8 Å². The third-order valence-corrected chi connectivity index (χ3v) is 5.29. The number of hydrogen-bond acceptors (Lipinski definition) is 2. The number of nitrogens with one attached hydrogen (secondary N) is 2. The molecular formula is C21H26FIN4. The number of hydrogen-bond donors (Lipinski definition) is 2. The highest BCUT2D eigenvalue weighted by atomic mass is 127. The summed E-state index contributed by atoms with van der Waals surface area (Å²) in [5.41, 5.74) is 2.07. The molecule has 4 nitrogen and oxygen atoms in total. The van der Waals surface area contributed by atoms with Gasteiger partial charge in [0.1, 0.15) is 5.82 Å². The van der Waals surface area contributed by atoms with E-state index in [0.29, 0.717) is 6.04 Å². The van der Waals surface area contributed by atoms with Crippen molar-refractivity contribution in [2.75, 3.05) is 25.0 Å². The summed E-state index contributed by atoms with van der Waals surface area (Å²) >= 11 is 0. The molecule has 2 N–H and O–H groups in total. The third-order valence-electron chi connectivity index (χ3n) is 5.29. The van der Waals surface area contributed by atoms with Gasteiger partial charge in [-0.3, -0.25) is 4.99 Å². The second-order valence-electron chi connectivity index (χ2n) is 7.10. The van der Waals surface area contributed by atoms with Crippen LogP contribution in [0.4, 0.5) is 10.1 Å². The molecule has 2 aromatic carbocycles. The van der Waals surface area contributed by atoms with Crippen LogP contribution in [-0.4, -0.2) is 38.2 Å². The number of para-hydroxylation sites is 1. The van der Waals surface area contributed by atoms with Crippen LogP contribution in [0.1, 0.15) is 24.3 Å². The minimum atomic E-state index is -0.112. The molecule has 3 unspecified atom stereocenters. The predicted octanol–water partition coefficient (Wildman–Crippen LogP) is 3.74. The number of aliphatic imine (C=N–C) groups is 1. The monoisotopic (exact) mass is 480 g/mol. The molecule has 2 aromatic rings. The second kappa shape index (κ2) is 8.91. The Morgan fingerprint density at radius 2 is 1.81 bits per heavy atom. The normalized spacial score (nSPS) is 24.3. The van der Waals surface area contributed by atoms with Crippen LogP contribution in [0.2, 0.25) is 0 Å². The molecule has 1 aliphatic carbocycles. The Bertz CT molecular complexity index is 783. The van der Waals surface area contributed by atoms with Crippen LogP contribution in [0.3, 0.4) is 0 Å². The van der Waals surface area contributed by atoms with Crippen LogP contribution in [0.25, 0.3) is 0 Å². The molecule has 1 saturated heterocycles. The molecule has 0 radical (unpaired) electrons. The summed E-state index contributed by atoms with van der Waals surface area (Å²) in [4.78, 5) is 6.76. The molecule has 1 heterocycles. The quantitative estimate of drug-likeness (QED) is 0.398. The molecule has 144 valence electrons. The zero-order valence-electron chi connectivity index (χ0n) is 15.4. The molecule has 2 fully saturated rings. The van der Waals surface area contributed by atoms with Crippen molar-refractivity contribution in [3.8, 4) is 0 Å². The lowest BCUT2D eigenvalue weighted by atomic mass is 10.1. The Morgan fingerprint density at radius 3 is 2.56 bits per heavy atom. The molecule has 2 aliphatic rings. The fraction of sp³-hybridized carbons (Fsp3) is 0.381. The predicted molar refractivity (Wildman–Crippen MR) is 120 cm³/mol. The summed E-state index contributed by atoms with van der Waals surface area (Å²) in [6.07, 6.45) is 2.03. The summed E-state index contributed by atoms with van der Waals surface area (Å²) < 4.78 is 13.9. The molecule has 0 spiro atoms. The van der Waals surface area contributed by atoms with Gasteiger partial charge >= 0.3 is 0 Å². The van der Waals surface area contributed by atoms with Gasteiger partial charge in [-0.15, -0.1) is 24.0 Å². The zero-order valence-corrected chi connectivity index (χ0v) is 17.8. The fourth-order valence-corrected chi connectivity index (χ4v) is 3.77. The maximum absolute atomic E-state index is 13.9. The minimum Gasteiger partial charge on any atom is -0.369 e. The van der Waals surface area contributed by atoms with Crippen molar-refractivity contribution in [2.45, 2.75) is 30.8 Å². The van der Waals surface area contributed by atoms with Crippen LogP contribution in [0.5, 0.6) is 0 Å². The van der Waals surface area contributed by atoms with E-state index in [0.717, 1.165) is 37.5 Å². The Morgan fingerprint density at radius 1 is 1.07 bits per heavy atom. The molecule has 27 heavy (non-hydrogen) atoms. The number of benzene rings is 2. The zero-order chi connectivity index (χ0) is 17.9. The topological polar surface area (TPSA) is 39.7 Å². The second-order valence-corrected chi connectivity index (χ2v) is 7.10. The standard InChI is InChI=1S/C21H25FN4.HI/c1-23-21(25-20-13-18(20)17-9-5-6-10-19(17)22)24-15-11-12-26(14-15)16-7-3-2-4-8-16;/h2-10,15,18,20H,11-14H2,1H3,(H2,23,24,25);1H. The van der Waals surface area contributed by atoms with E-state index in [9.17, 15) is 4.39 Å². The van der Waals surface area contributed by atoms with Gasteiger partial charge in [-0.05, 0) is 36.6 Å². The first-order valence-electron chi connectivity index (χ1n) is 9.29. The van der Waals surface area contributed by atoms with Gasteiger partial charge in [-0.2, -0.15) is 0 Å². The molecule has 6 heteroatoms. The number of nitrogens with zero attached hydrogens (tertiary/aromatic N) is 2. The largest absolute Gasteiger partial charge is 0.369 e. The van der Waals surface area contributed by atoms with Crippen molar-refractivity contribution < 1.29 is 4.39 Å². The van der Waals surface area contributed by atoms with E-state index < -0.39 is 0 Å². The van der Waals surface area contributed by atoms with Crippen LogP contribution in [0.15, 0.2) is 59.6 Å². The van der Waals surface area contributed by atoms with Crippen molar-refractivity contribution >= 4 is 35.6 Å². The van der Waals surface area contributed by atoms with E-state index in [4.69, 9.17) is 0 Å². The summed E-state index contributed by atoms with van der Waals surface area (Å²) in [6.45, 7) is 2.01. The van der Waals surface area contributed by atoms with Crippen molar-refractivity contribution in [2.24, 2.45) is 4.99 Å². The van der Waals surface area contributed by atoms with Gasteiger partial charge in [0.2, 0.25) is 0 Å². The molecule has 1 aliphatic heterocycles. The Labute approximate surface area is 177 Å². The highest BCUT2D eigenvalue weighted by Gasteiger charge is 2.40. The molecule has 0 bridgehead atoms. The van der Waals surface area contributed by atoms with Crippen LogP contribution in [0, 0.1) is 5.82 Å². The van der Waals surface area contributed by atoms with Gasteiger partial charge in [0.05, 0.1) is 0 Å². The number of halogens is 2. The first kappa shape index (κ1) is 19.9. The van der Waals surface area contributed by atoms with Gasteiger partial charge in [-0.25, -0.2) is 4.39 Å². The first-order chi connectivity index (χ1) is 12.7. The van der Waals surface area contributed by atoms with Crippen molar-refractivity contribution in [3.05, 3.63) is 66.0 Å². The number of guanidine groups is 1. The lowest BCUT2D eigenvalue weighted by molar-refractivity contribution is 0.606. The van der Waals surface area contributed by atoms with Gasteiger partial charge in [0.25, 0.3) is 0 Å². The van der Waals surface area contributed by atoms with Crippen molar-refractivity contribution in [1.82, 2.24) is 10.6 Å². The SMILES string of the molecule is CN=C(NC1CCN(c2ccccc2)C1)NC1CC1c1ccccc1F.I. The smallest absolute Gasteiger partial charge is 0.191 e. The molecule has 1 saturated carbocycles. The average molecular weight is 480 g/mol. The van der Waals surface area contributed by atoms with E-state index in [1.807, 2.05) is 18.2 Å². The van der Waals surface area contributed by atoms with Crippen molar-refractivity contribution in [1.29, 1.82) is 0 Å². The number of rotatable bonds is 4. The Kier molecular flexibility index (Phi) is 6.57. The van der Waals surface area contributed by atoms with E-state index in [-0.39, 0.29) is 41.8 Å². The van der Waals surface area contributed by atoms with Crippen LogP contribution in [-0.2, 0) is 0 Å². The highest BCUT2D eigenvalue weighted by molar-refractivity contribution is 14.0. The summed E-state index contributed by atoms with van der Waals surface area (Å²) in [5, 5.41) is 6.98. The summed E-state index contributed by atoms with van der Waals surface area (Å²) in [6, 6.07) is 18.2. The maximum Gasteiger partial charge on any atom is 0.191 e. The summed E-state index contributed by atoms with van der Waals surface area (Å²) in [5.74, 6) is 0.937. The minimum absolute atomic E-state index is 0.